The summed E-state index contributed by atoms with van der Waals surface area (Å²) < 4.78 is 0. The molecule has 0 spiro atoms. The van der Waals surface area contributed by atoms with Crippen LogP contribution in [-0.2, 0) is 19.5 Å². The van der Waals surface area contributed by atoms with Crippen LogP contribution < -0.4 is 5.32 Å². The largest absolute Gasteiger partial charge is 0.381 e. The van der Waals surface area contributed by atoms with E-state index < -0.39 is 0 Å². The fraction of sp³-hybridized carbons (Fsp3) is 0.286. The molecule has 3 heteroatoms. The second-order valence-electron chi connectivity index (χ2n) is 6.67. The molecule has 0 amide bonds. The average molecular weight is 317 g/mol. The maximum Gasteiger partial charge on any atom is 0.0751 e. The Hall–Kier alpha value is -2.39. The molecule has 1 aliphatic heterocycles. The maximum atomic E-state index is 4.54. The number of pyridine rings is 1. The van der Waals surface area contributed by atoms with Gasteiger partial charge in [-0.1, -0.05) is 30.3 Å². The van der Waals surface area contributed by atoms with Gasteiger partial charge in [0.05, 0.1) is 5.52 Å². The van der Waals surface area contributed by atoms with Gasteiger partial charge in [0.2, 0.25) is 0 Å². The van der Waals surface area contributed by atoms with E-state index in [-0.39, 0.29) is 0 Å². The Bertz CT molecular complexity index is 851. The van der Waals surface area contributed by atoms with Crippen molar-refractivity contribution in [3.8, 4) is 0 Å². The summed E-state index contributed by atoms with van der Waals surface area (Å²) in [6.07, 6.45) is 4.30. The number of nitrogens with zero attached hydrogens (tertiary/aromatic N) is 2. The van der Waals surface area contributed by atoms with Gasteiger partial charge in [-0.2, -0.15) is 0 Å². The van der Waals surface area contributed by atoms with Crippen molar-refractivity contribution in [2.24, 2.45) is 0 Å². The van der Waals surface area contributed by atoms with Gasteiger partial charge in [0.15, 0.2) is 0 Å². The van der Waals surface area contributed by atoms with Crippen molar-refractivity contribution in [1.82, 2.24) is 9.88 Å². The third kappa shape index (κ3) is 3.13. The number of para-hydroxylation sites is 1. The third-order valence-electron chi connectivity index (χ3n) is 4.83. The highest BCUT2D eigenvalue weighted by molar-refractivity contribution is 5.81. The second-order valence-corrected chi connectivity index (χ2v) is 6.67. The van der Waals surface area contributed by atoms with Gasteiger partial charge in [0.1, 0.15) is 0 Å². The lowest BCUT2D eigenvalue weighted by atomic mass is 10.0. The summed E-state index contributed by atoms with van der Waals surface area (Å²) in [6, 6.07) is 17.3. The van der Waals surface area contributed by atoms with Gasteiger partial charge in [0, 0.05) is 30.4 Å². The first kappa shape index (κ1) is 15.2. The number of hydrogen-bond donors (Lipinski definition) is 1. The smallest absolute Gasteiger partial charge is 0.0751 e. The van der Waals surface area contributed by atoms with E-state index in [0.717, 1.165) is 18.6 Å². The second kappa shape index (κ2) is 6.62. The zero-order chi connectivity index (χ0) is 16.4. The normalized spacial score (nSPS) is 15.0. The van der Waals surface area contributed by atoms with Crippen molar-refractivity contribution in [2.45, 2.75) is 25.9 Å². The molecule has 24 heavy (non-hydrogen) atoms. The van der Waals surface area contributed by atoms with Crippen LogP contribution in [0, 0.1) is 0 Å². The Morgan fingerprint density at radius 3 is 2.96 bits per heavy atom. The van der Waals surface area contributed by atoms with E-state index >= 15 is 0 Å². The van der Waals surface area contributed by atoms with Crippen LogP contribution >= 0.6 is 0 Å². The van der Waals surface area contributed by atoms with Gasteiger partial charge < -0.3 is 10.2 Å². The third-order valence-corrected chi connectivity index (χ3v) is 4.83. The lowest BCUT2D eigenvalue weighted by Gasteiger charge is -2.15. The Labute approximate surface area is 143 Å². The molecule has 1 aromatic heterocycles. The van der Waals surface area contributed by atoms with Crippen LogP contribution in [0.25, 0.3) is 10.9 Å². The van der Waals surface area contributed by atoms with Crippen LogP contribution in [0.4, 0.5) is 5.69 Å². The van der Waals surface area contributed by atoms with Gasteiger partial charge in [-0.25, -0.2) is 0 Å². The number of aryl methyl sites for hydroxylation is 1. The number of anilines is 1. The fourth-order valence-electron chi connectivity index (χ4n) is 3.54. The van der Waals surface area contributed by atoms with Gasteiger partial charge in [-0.3, -0.25) is 4.98 Å². The predicted octanol–water partition coefficient (Wildman–Crippen LogP) is 4.22. The zero-order valence-electron chi connectivity index (χ0n) is 14.1. The van der Waals surface area contributed by atoms with Gasteiger partial charge in [0.25, 0.3) is 0 Å². The molecular weight excluding hydrogens is 294 g/mol. The lowest BCUT2D eigenvalue weighted by Crippen LogP contribution is -2.17. The van der Waals surface area contributed by atoms with Gasteiger partial charge in [-0.05, 0) is 61.3 Å². The van der Waals surface area contributed by atoms with E-state index in [4.69, 9.17) is 0 Å². The molecule has 1 N–H and O–H groups in total. The minimum atomic E-state index is 0.795. The highest BCUT2D eigenvalue weighted by atomic mass is 15.1. The molecule has 1 aliphatic rings. The minimum Gasteiger partial charge on any atom is -0.381 e. The number of nitrogens with one attached hydrogen (secondary N) is 1. The van der Waals surface area contributed by atoms with E-state index in [9.17, 15) is 0 Å². The Morgan fingerprint density at radius 1 is 1.08 bits per heavy atom. The predicted molar refractivity (Wildman–Crippen MR) is 100 cm³/mol. The Kier molecular flexibility index (Phi) is 4.18. The van der Waals surface area contributed by atoms with Gasteiger partial charge >= 0.3 is 0 Å². The molecule has 0 saturated heterocycles. The van der Waals surface area contributed by atoms with Crippen molar-refractivity contribution in [3.63, 3.8) is 0 Å². The molecule has 0 aliphatic carbocycles. The van der Waals surface area contributed by atoms with Crippen molar-refractivity contribution in [3.05, 3.63) is 71.4 Å². The van der Waals surface area contributed by atoms with E-state index in [0.29, 0.717) is 0 Å². The molecular formula is C21H23N3. The molecule has 0 unspecified atom stereocenters. The Balaban J connectivity index is 1.55. The van der Waals surface area contributed by atoms with Crippen LogP contribution in [0.2, 0.25) is 0 Å². The molecule has 0 fully saturated rings. The summed E-state index contributed by atoms with van der Waals surface area (Å²) in [5.74, 6) is 0. The van der Waals surface area contributed by atoms with Crippen molar-refractivity contribution >= 4 is 16.6 Å². The molecule has 2 heterocycles. The van der Waals surface area contributed by atoms with Crippen molar-refractivity contribution < 1.29 is 0 Å². The summed E-state index contributed by atoms with van der Waals surface area (Å²) in [4.78, 5) is 6.95. The molecule has 3 aromatic rings. The lowest BCUT2D eigenvalue weighted by molar-refractivity contribution is 0.332. The number of hydrogen-bond acceptors (Lipinski definition) is 3. The van der Waals surface area contributed by atoms with E-state index in [1.807, 2.05) is 12.3 Å². The van der Waals surface area contributed by atoms with E-state index in [1.54, 1.807) is 0 Å². The molecule has 0 bridgehead atoms. The molecule has 0 saturated carbocycles. The number of fused-ring (bicyclic) bond motifs is 2. The number of aromatic nitrogens is 1. The molecule has 122 valence electrons. The number of rotatable bonds is 3. The first-order valence-electron chi connectivity index (χ1n) is 8.66. The minimum absolute atomic E-state index is 0.795. The molecule has 0 radical (unpaired) electrons. The quantitative estimate of drug-likeness (QED) is 0.784. The highest BCUT2D eigenvalue weighted by Gasteiger charge is 2.12. The van der Waals surface area contributed by atoms with Crippen LogP contribution in [0.15, 0.2) is 54.7 Å². The SMILES string of the molecule is CN1CCCc2ccc(NCc3cccc4cccnc34)cc2C1. The van der Waals surface area contributed by atoms with Crippen LogP contribution in [0.1, 0.15) is 23.1 Å². The molecule has 4 rings (SSSR count). The maximum absolute atomic E-state index is 4.54. The van der Waals surface area contributed by atoms with Crippen LogP contribution in [0.5, 0.6) is 0 Å². The highest BCUT2D eigenvalue weighted by Crippen LogP contribution is 2.23. The summed E-state index contributed by atoms with van der Waals surface area (Å²) in [6.45, 7) is 3.02. The first-order valence-corrected chi connectivity index (χ1v) is 8.66. The van der Waals surface area contributed by atoms with Crippen LogP contribution in [-0.4, -0.2) is 23.5 Å². The van der Waals surface area contributed by atoms with Gasteiger partial charge in [-0.15, -0.1) is 0 Å². The summed E-state index contributed by atoms with van der Waals surface area (Å²) in [5, 5.41) is 4.77. The van der Waals surface area contributed by atoms with Crippen LogP contribution in [0.3, 0.4) is 0 Å². The Morgan fingerprint density at radius 2 is 2.00 bits per heavy atom. The van der Waals surface area contributed by atoms with E-state index in [2.05, 4.69) is 64.7 Å². The van der Waals surface area contributed by atoms with Crippen molar-refractivity contribution in [2.75, 3.05) is 18.9 Å². The fourth-order valence-corrected chi connectivity index (χ4v) is 3.54. The topological polar surface area (TPSA) is 28.2 Å². The van der Waals surface area contributed by atoms with Crippen molar-refractivity contribution in [1.29, 1.82) is 0 Å². The average Bonchev–Trinajstić information content (AvgIpc) is 2.80. The molecule has 3 nitrogen and oxygen atoms in total. The zero-order valence-corrected chi connectivity index (χ0v) is 14.1. The standard InChI is InChI=1S/C21H23N3/c1-24-12-4-8-16-9-10-20(13-19(16)15-24)23-14-18-6-2-5-17-7-3-11-22-21(17)18/h2-3,5-7,9-11,13,23H,4,8,12,14-15H2,1H3. The van der Waals surface area contributed by atoms with E-state index in [1.165, 1.54) is 47.2 Å². The summed E-state index contributed by atoms with van der Waals surface area (Å²) in [7, 11) is 2.21. The monoisotopic (exact) mass is 317 g/mol. The first-order chi connectivity index (χ1) is 11.8. The molecule has 2 aromatic carbocycles. The number of benzene rings is 2. The summed E-state index contributed by atoms with van der Waals surface area (Å²) in [5.41, 5.74) is 6.46. The molecule has 0 atom stereocenters. The summed E-state index contributed by atoms with van der Waals surface area (Å²) >= 11 is 0.